The monoisotopic (exact) mass is 223 g/mol. The number of rotatable bonds is 3. The lowest BCUT2D eigenvalue weighted by Crippen LogP contribution is -2.26. The van der Waals surface area contributed by atoms with Crippen LogP contribution in [0.25, 0.3) is 0 Å². The van der Waals surface area contributed by atoms with Crippen LogP contribution in [0.15, 0.2) is 17.5 Å². The Hall–Kier alpha value is -1.76. The van der Waals surface area contributed by atoms with E-state index in [-0.39, 0.29) is 11.7 Å². The zero-order valence-corrected chi connectivity index (χ0v) is 8.86. The molecule has 0 aromatic carbocycles. The van der Waals surface area contributed by atoms with Gasteiger partial charge in [-0.1, -0.05) is 6.07 Å². The molecule has 0 bridgehead atoms. The third kappa shape index (κ3) is 2.18. The minimum atomic E-state index is -0.239. The summed E-state index contributed by atoms with van der Waals surface area (Å²) in [5.74, 6) is -0.147. The largest absolute Gasteiger partial charge is 0.334 e. The number of carbonyl (C=O) groups excluding carboxylic acids is 1. The molecule has 0 aliphatic carbocycles. The first-order valence-electron chi connectivity index (χ1n) is 4.28. The fourth-order valence-electron chi connectivity index (χ4n) is 1.13. The lowest BCUT2D eigenvalue weighted by atomic mass is 10.4. The number of thiophene rings is 1. The summed E-state index contributed by atoms with van der Waals surface area (Å²) in [5.41, 5.74) is 0. The molecule has 0 atom stereocenters. The van der Waals surface area contributed by atoms with Gasteiger partial charge >= 0.3 is 0 Å². The third-order valence-electron chi connectivity index (χ3n) is 1.86. The minimum Gasteiger partial charge on any atom is -0.334 e. The van der Waals surface area contributed by atoms with Gasteiger partial charge in [0.25, 0.3) is 11.7 Å². The van der Waals surface area contributed by atoms with Crippen LogP contribution >= 0.6 is 11.3 Å². The Morgan fingerprint density at radius 1 is 1.67 bits per heavy atom. The Balaban J connectivity index is 2.03. The van der Waals surface area contributed by atoms with Gasteiger partial charge < -0.3 is 4.90 Å². The minimum absolute atomic E-state index is 0.0917. The van der Waals surface area contributed by atoms with Crippen LogP contribution in [0.4, 0.5) is 0 Å². The Kier molecular flexibility index (Phi) is 2.72. The topological polar surface area (TPSA) is 74.8 Å². The molecule has 0 aliphatic heterocycles. The van der Waals surface area contributed by atoms with Crippen molar-refractivity contribution in [3.63, 3.8) is 0 Å². The van der Waals surface area contributed by atoms with Gasteiger partial charge in [-0.25, -0.2) is 0 Å². The summed E-state index contributed by atoms with van der Waals surface area (Å²) >= 11 is 1.61. The SMILES string of the molecule is CN(Cc1cccs1)C(=O)c1nn[nH]n1. The molecular weight excluding hydrogens is 214 g/mol. The molecule has 0 fully saturated rings. The second kappa shape index (κ2) is 4.18. The van der Waals surface area contributed by atoms with E-state index in [1.165, 1.54) is 0 Å². The van der Waals surface area contributed by atoms with Gasteiger partial charge in [0.15, 0.2) is 0 Å². The zero-order chi connectivity index (χ0) is 10.7. The highest BCUT2D eigenvalue weighted by molar-refractivity contribution is 7.09. The highest BCUT2D eigenvalue weighted by Crippen LogP contribution is 2.11. The molecule has 2 rings (SSSR count). The average Bonchev–Trinajstić information content (AvgIpc) is 2.88. The Morgan fingerprint density at radius 2 is 2.53 bits per heavy atom. The van der Waals surface area contributed by atoms with Crippen LogP contribution in [-0.4, -0.2) is 38.5 Å². The van der Waals surface area contributed by atoms with Gasteiger partial charge in [-0.3, -0.25) is 4.79 Å². The molecule has 15 heavy (non-hydrogen) atoms. The van der Waals surface area contributed by atoms with Crippen molar-refractivity contribution >= 4 is 17.2 Å². The van der Waals surface area contributed by atoms with Crippen LogP contribution in [0.1, 0.15) is 15.5 Å². The standard InChI is InChI=1S/C8H9N5OS/c1-13(5-6-3-2-4-15-6)8(14)7-9-11-12-10-7/h2-4H,5H2,1H3,(H,9,10,11,12). The van der Waals surface area contributed by atoms with Crippen molar-refractivity contribution < 1.29 is 4.79 Å². The maximum atomic E-state index is 11.7. The van der Waals surface area contributed by atoms with E-state index in [4.69, 9.17) is 0 Å². The summed E-state index contributed by atoms with van der Waals surface area (Å²) in [6.45, 7) is 0.561. The molecule has 1 amide bonds. The molecule has 2 aromatic rings. The molecule has 1 N–H and O–H groups in total. The maximum Gasteiger partial charge on any atom is 0.295 e. The molecule has 0 spiro atoms. The molecule has 7 heteroatoms. The number of hydrogen-bond donors (Lipinski definition) is 1. The van der Waals surface area contributed by atoms with Gasteiger partial charge in [0, 0.05) is 11.9 Å². The summed E-state index contributed by atoms with van der Waals surface area (Å²) < 4.78 is 0. The predicted molar refractivity (Wildman–Crippen MR) is 54.3 cm³/mol. The van der Waals surface area contributed by atoms with E-state index in [0.717, 1.165) is 4.88 Å². The normalized spacial score (nSPS) is 10.2. The Labute approximate surface area is 89.9 Å². The van der Waals surface area contributed by atoms with Crippen LogP contribution < -0.4 is 0 Å². The molecule has 0 radical (unpaired) electrons. The second-order valence-corrected chi connectivity index (χ2v) is 4.01. The molecule has 78 valence electrons. The number of H-pyrrole nitrogens is 1. The lowest BCUT2D eigenvalue weighted by molar-refractivity contribution is 0.0774. The van der Waals surface area contributed by atoms with Crippen molar-refractivity contribution in [2.75, 3.05) is 7.05 Å². The van der Waals surface area contributed by atoms with E-state index in [9.17, 15) is 4.79 Å². The predicted octanol–water partition coefficient (Wildman–Crippen LogP) is 0.533. The Morgan fingerprint density at radius 3 is 3.13 bits per heavy atom. The van der Waals surface area contributed by atoms with Crippen LogP contribution in [0.3, 0.4) is 0 Å². The summed E-state index contributed by atoms with van der Waals surface area (Å²) in [5, 5.41) is 14.8. The number of nitrogens with one attached hydrogen (secondary N) is 1. The quantitative estimate of drug-likeness (QED) is 0.823. The van der Waals surface area contributed by atoms with Crippen molar-refractivity contribution in [2.24, 2.45) is 0 Å². The highest BCUT2D eigenvalue weighted by atomic mass is 32.1. The fraction of sp³-hybridized carbons (Fsp3) is 0.250. The van der Waals surface area contributed by atoms with Gasteiger partial charge in [-0.2, -0.15) is 5.21 Å². The maximum absolute atomic E-state index is 11.7. The summed E-state index contributed by atoms with van der Waals surface area (Å²) in [4.78, 5) is 14.3. The highest BCUT2D eigenvalue weighted by Gasteiger charge is 2.16. The molecule has 0 unspecified atom stereocenters. The van der Waals surface area contributed by atoms with Gasteiger partial charge in [0.05, 0.1) is 6.54 Å². The van der Waals surface area contributed by atoms with E-state index >= 15 is 0 Å². The van der Waals surface area contributed by atoms with Crippen molar-refractivity contribution in [1.82, 2.24) is 25.5 Å². The number of nitrogens with zero attached hydrogens (tertiary/aromatic N) is 4. The third-order valence-corrected chi connectivity index (χ3v) is 2.72. The van der Waals surface area contributed by atoms with Crippen molar-refractivity contribution in [3.05, 3.63) is 28.2 Å². The van der Waals surface area contributed by atoms with Gasteiger partial charge in [0.2, 0.25) is 0 Å². The van der Waals surface area contributed by atoms with Crippen molar-refractivity contribution in [1.29, 1.82) is 0 Å². The summed E-state index contributed by atoms with van der Waals surface area (Å²) in [7, 11) is 1.71. The van der Waals surface area contributed by atoms with Crippen molar-refractivity contribution in [3.8, 4) is 0 Å². The number of aromatic amines is 1. The lowest BCUT2D eigenvalue weighted by Gasteiger charge is -2.13. The average molecular weight is 223 g/mol. The summed E-state index contributed by atoms with van der Waals surface area (Å²) in [6, 6.07) is 3.93. The summed E-state index contributed by atoms with van der Waals surface area (Å²) in [6.07, 6.45) is 0. The molecule has 6 nitrogen and oxygen atoms in total. The van der Waals surface area contributed by atoms with Gasteiger partial charge in [-0.05, 0) is 16.7 Å². The van der Waals surface area contributed by atoms with Gasteiger partial charge in [0.1, 0.15) is 0 Å². The van der Waals surface area contributed by atoms with E-state index in [2.05, 4.69) is 20.6 Å². The number of amides is 1. The molecule has 2 aromatic heterocycles. The van der Waals surface area contributed by atoms with E-state index in [0.29, 0.717) is 6.54 Å². The first-order chi connectivity index (χ1) is 7.27. The number of aromatic nitrogens is 4. The molecular formula is C8H9N5OS. The van der Waals surface area contributed by atoms with Crippen LogP contribution in [0.2, 0.25) is 0 Å². The first-order valence-corrected chi connectivity index (χ1v) is 5.16. The number of carbonyl (C=O) groups is 1. The van der Waals surface area contributed by atoms with Gasteiger partial charge in [-0.15, -0.1) is 21.5 Å². The molecule has 0 saturated carbocycles. The van der Waals surface area contributed by atoms with E-state index in [1.54, 1.807) is 23.3 Å². The Bertz CT molecular complexity index is 424. The van der Waals surface area contributed by atoms with Crippen LogP contribution in [-0.2, 0) is 6.54 Å². The van der Waals surface area contributed by atoms with E-state index < -0.39 is 0 Å². The fourth-order valence-corrected chi connectivity index (χ4v) is 1.89. The molecule has 0 aliphatic rings. The van der Waals surface area contributed by atoms with Crippen LogP contribution in [0, 0.1) is 0 Å². The van der Waals surface area contributed by atoms with Crippen molar-refractivity contribution in [2.45, 2.75) is 6.54 Å². The second-order valence-electron chi connectivity index (χ2n) is 2.98. The molecule has 2 heterocycles. The first kappa shape index (κ1) is 9.78. The van der Waals surface area contributed by atoms with Crippen LogP contribution in [0.5, 0.6) is 0 Å². The molecule has 0 saturated heterocycles. The smallest absolute Gasteiger partial charge is 0.295 e. The number of hydrogen-bond acceptors (Lipinski definition) is 5. The van der Waals surface area contributed by atoms with E-state index in [1.807, 2.05) is 17.5 Å². The zero-order valence-electron chi connectivity index (χ0n) is 8.04. The number of tetrazole rings is 1.